The van der Waals surface area contributed by atoms with Gasteiger partial charge in [0, 0.05) is 38.2 Å². The summed E-state index contributed by atoms with van der Waals surface area (Å²) in [7, 11) is 0. The molecule has 3 heterocycles. The summed E-state index contributed by atoms with van der Waals surface area (Å²) < 4.78 is 15.6. The van der Waals surface area contributed by atoms with Gasteiger partial charge >= 0.3 is 0 Å². The zero-order valence-electron chi connectivity index (χ0n) is 24.9. The average Bonchev–Trinajstić information content (AvgIpc) is 3.20. The maximum atomic E-state index is 13.8. The summed E-state index contributed by atoms with van der Waals surface area (Å²) in [6, 6.07) is 28.6. The molecule has 1 amide bonds. The molecular formula is C36H33FN6O. The van der Waals surface area contributed by atoms with E-state index in [0.717, 1.165) is 57.5 Å². The number of benzene rings is 4. The Bertz CT molecular complexity index is 1980. The van der Waals surface area contributed by atoms with E-state index in [4.69, 9.17) is 15.1 Å². The fourth-order valence-electron chi connectivity index (χ4n) is 6.08. The Morgan fingerprint density at radius 3 is 2.41 bits per heavy atom. The van der Waals surface area contributed by atoms with Crippen LogP contribution in [-0.2, 0) is 6.42 Å². The van der Waals surface area contributed by atoms with Crippen molar-refractivity contribution in [3.8, 4) is 5.69 Å². The van der Waals surface area contributed by atoms with Crippen LogP contribution in [0.5, 0.6) is 0 Å². The first-order chi connectivity index (χ1) is 21.4. The Hall–Kier alpha value is -5.11. The predicted molar refractivity (Wildman–Crippen MR) is 172 cm³/mol. The molecule has 8 heteroatoms. The van der Waals surface area contributed by atoms with Crippen LogP contribution in [0, 0.1) is 19.7 Å². The van der Waals surface area contributed by atoms with Crippen molar-refractivity contribution in [2.45, 2.75) is 26.7 Å². The number of aromatic nitrogens is 4. The fourth-order valence-corrected chi connectivity index (χ4v) is 6.08. The summed E-state index contributed by atoms with van der Waals surface area (Å²) in [5, 5.41) is 7.75. The second-order valence-electron chi connectivity index (χ2n) is 11.5. The van der Waals surface area contributed by atoms with Gasteiger partial charge in [0.25, 0.3) is 5.91 Å². The van der Waals surface area contributed by atoms with Gasteiger partial charge in [-0.25, -0.2) is 19.0 Å². The Morgan fingerprint density at radius 2 is 1.59 bits per heavy atom. The van der Waals surface area contributed by atoms with Crippen molar-refractivity contribution in [1.29, 1.82) is 0 Å². The molecule has 0 atom stereocenters. The lowest BCUT2D eigenvalue weighted by Gasteiger charge is -2.24. The Kier molecular flexibility index (Phi) is 7.26. The SMILES string of the molecule is Cc1ccc(Cc2nc(N3CCCN(C(=O)c4cccc5ccccc45)CC3)c3c(C)nn(-c4ccc(F)cc4)c3n2)cc1. The highest BCUT2D eigenvalue weighted by atomic mass is 19.1. The van der Waals surface area contributed by atoms with E-state index < -0.39 is 0 Å². The Balaban J connectivity index is 1.25. The number of hydrogen-bond donors (Lipinski definition) is 0. The maximum absolute atomic E-state index is 13.8. The normalized spacial score (nSPS) is 13.9. The van der Waals surface area contributed by atoms with Gasteiger partial charge in [-0.2, -0.15) is 5.10 Å². The van der Waals surface area contributed by atoms with E-state index in [1.54, 1.807) is 16.8 Å². The van der Waals surface area contributed by atoms with Gasteiger partial charge in [0.05, 0.1) is 16.8 Å². The third-order valence-electron chi connectivity index (χ3n) is 8.39. The molecule has 0 spiro atoms. The van der Waals surface area contributed by atoms with E-state index >= 15 is 0 Å². The van der Waals surface area contributed by atoms with E-state index in [9.17, 15) is 9.18 Å². The largest absolute Gasteiger partial charge is 0.354 e. The lowest BCUT2D eigenvalue weighted by atomic mass is 10.0. The monoisotopic (exact) mass is 584 g/mol. The Labute approximate surface area is 255 Å². The first kappa shape index (κ1) is 27.7. The molecule has 0 unspecified atom stereocenters. The third kappa shape index (κ3) is 5.28. The van der Waals surface area contributed by atoms with Gasteiger partial charge in [0.15, 0.2) is 5.65 Å². The summed E-state index contributed by atoms with van der Waals surface area (Å²) >= 11 is 0. The van der Waals surface area contributed by atoms with Crippen LogP contribution in [0.2, 0.25) is 0 Å². The van der Waals surface area contributed by atoms with Gasteiger partial charge < -0.3 is 9.80 Å². The Morgan fingerprint density at radius 1 is 0.818 bits per heavy atom. The van der Waals surface area contributed by atoms with Crippen molar-refractivity contribution in [2.24, 2.45) is 0 Å². The summed E-state index contributed by atoms with van der Waals surface area (Å²) in [6.07, 6.45) is 1.37. The highest BCUT2D eigenvalue weighted by molar-refractivity contribution is 6.07. The number of nitrogens with zero attached hydrogens (tertiary/aromatic N) is 6. The number of carbonyl (C=O) groups is 1. The zero-order chi connectivity index (χ0) is 30.2. The summed E-state index contributed by atoms with van der Waals surface area (Å²) in [5.41, 5.74) is 5.27. The smallest absolute Gasteiger partial charge is 0.254 e. The minimum absolute atomic E-state index is 0.0526. The zero-order valence-corrected chi connectivity index (χ0v) is 24.9. The number of hydrogen-bond acceptors (Lipinski definition) is 5. The molecule has 220 valence electrons. The van der Waals surface area contributed by atoms with Crippen molar-refractivity contribution >= 4 is 33.5 Å². The number of halogens is 1. The number of amides is 1. The number of anilines is 1. The predicted octanol–water partition coefficient (Wildman–Crippen LogP) is 6.67. The molecule has 2 aromatic heterocycles. The molecule has 0 N–H and O–H groups in total. The van der Waals surface area contributed by atoms with Crippen molar-refractivity contribution in [2.75, 3.05) is 31.1 Å². The molecule has 1 aliphatic rings. The first-order valence-electron chi connectivity index (χ1n) is 15.0. The van der Waals surface area contributed by atoms with Crippen LogP contribution in [-0.4, -0.2) is 56.7 Å². The van der Waals surface area contributed by atoms with Gasteiger partial charge in [-0.05, 0) is 66.9 Å². The van der Waals surface area contributed by atoms with E-state index in [0.29, 0.717) is 37.5 Å². The lowest BCUT2D eigenvalue weighted by molar-refractivity contribution is 0.0769. The molecule has 7 nitrogen and oxygen atoms in total. The highest BCUT2D eigenvalue weighted by Crippen LogP contribution is 2.31. The van der Waals surface area contributed by atoms with Gasteiger partial charge in [0.1, 0.15) is 17.5 Å². The van der Waals surface area contributed by atoms with Crippen molar-refractivity contribution in [1.82, 2.24) is 24.6 Å². The first-order valence-corrected chi connectivity index (χ1v) is 15.0. The number of rotatable bonds is 5. The van der Waals surface area contributed by atoms with Gasteiger partial charge in [-0.3, -0.25) is 4.79 Å². The number of aryl methyl sites for hydroxylation is 2. The molecule has 0 bridgehead atoms. The van der Waals surface area contributed by atoms with Crippen molar-refractivity contribution in [3.05, 3.63) is 125 Å². The molecule has 44 heavy (non-hydrogen) atoms. The molecule has 4 aromatic carbocycles. The number of fused-ring (bicyclic) bond motifs is 2. The minimum Gasteiger partial charge on any atom is -0.354 e. The molecule has 1 fully saturated rings. The lowest BCUT2D eigenvalue weighted by Crippen LogP contribution is -2.35. The van der Waals surface area contributed by atoms with E-state index in [2.05, 4.69) is 36.1 Å². The molecule has 0 radical (unpaired) electrons. The van der Waals surface area contributed by atoms with Crippen LogP contribution < -0.4 is 4.90 Å². The fraction of sp³-hybridized carbons (Fsp3) is 0.222. The third-order valence-corrected chi connectivity index (χ3v) is 8.39. The van der Waals surface area contributed by atoms with Gasteiger partial charge in [-0.15, -0.1) is 0 Å². The molecule has 1 aliphatic heterocycles. The molecule has 0 saturated carbocycles. The average molecular weight is 585 g/mol. The van der Waals surface area contributed by atoms with Crippen LogP contribution in [0.1, 0.15) is 39.4 Å². The van der Waals surface area contributed by atoms with E-state index in [-0.39, 0.29) is 11.7 Å². The summed E-state index contributed by atoms with van der Waals surface area (Å²) in [5.74, 6) is 1.26. The number of carbonyl (C=O) groups excluding carboxylic acids is 1. The molecule has 0 aliphatic carbocycles. The van der Waals surface area contributed by atoms with Crippen LogP contribution in [0.3, 0.4) is 0 Å². The topological polar surface area (TPSA) is 67.2 Å². The summed E-state index contributed by atoms with van der Waals surface area (Å²) in [6.45, 7) is 6.65. The van der Waals surface area contributed by atoms with Crippen LogP contribution in [0.25, 0.3) is 27.5 Å². The minimum atomic E-state index is -0.301. The van der Waals surface area contributed by atoms with Gasteiger partial charge in [0.2, 0.25) is 0 Å². The van der Waals surface area contributed by atoms with Gasteiger partial charge in [-0.1, -0.05) is 66.2 Å². The molecule has 7 rings (SSSR count). The summed E-state index contributed by atoms with van der Waals surface area (Å²) in [4.78, 5) is 28.2. The van der Waals surface area contributed by atoms with Crippen LogP contribution in [0.4, 0.5) is 10.2 Å². The van der Waals surface area contributed by atoms with Crippen LogP contribution >= 0.6 is 0 Å². The molecule has 6 aromatic rings. The highest BCUT2D eigenvalue weighted by Gasteiger charge is 2.26. The second-order valence-corrected chi connectivity index (χ2v) is 11.5. The quantitative estimate of drug-likeness (QED) is 0.227. The molecular weight excluding hydrogens is 551 g/mol. The maximum Gasteiger partial charge on any atom is 0.254 e. The second kappa shape index (κ2) is 11.5. The molecule has 1 saturated heterocycles. The van der Waals surface area contributed by atoms with Crippen molar-refractivity contribution < 1.29 is 9.18 Å². The van der Waals surface area contributed by atoms with Crippen LogP contribution in [0.15, 0.2) is 91.0 Å². The van der Waals surface area contributed by atoms with E-state index in [1.165, 1.54) is 17.7 Å². The standard InChI is InChI=1S/C36H33FN6O/c1-24-11-13-26(14-12-24)23-32-38-34(33-25(2)40-43(35(33)39-32)29-17-15-28(37)16-18-29)41-19-6-20-42(22-21-41)36(44)31-10-5-8-27-7-3-4-9-30(27)31/h3-5,7-18H,6,19-23H2,1-2H3. The van der Waals surface area contributed by atoms with E-state index in [1.807, 2.05) is 54.3 Å². The van der Waals surface area contributed by atoms with Crippen molar-refractivity contribution in [3.63, 3.8) is 0 Å².